The first kappa shape index (κ1) is 67.4. The standard InChI is InChI=1S/C63H122O6/c1-57(2)49-43-37-31-25-19-14-11-9-7-8-10-12-16-23-30-36-42-48-54-63(66)69-60(56-68-62(65)53-47-41-35-29-24-18-21-27-33-39-45-51-59(5)6)55-67-61(64)52-46-40-34-28-22-17-13-15-20-26-32-38-44-50-58(3)4/h57-60H,7-56H2,1-6H3/t60-/m1/s1. The number of rotatable bonds is 56. The van der Waals surface area contributed by atoms with Crippen LogP contribution in [-0.4, -0.2) is 37.2 Å². The molecule has 0 spiro atoms. The Morgan fingerprint density at radius 2 is 0.420 bits per heavy atom. The summed E-state index contributed by atoms with van der Waals surface area (Å²) in [6.07, 6.45) is 58.2. The summed E-state index contributed by atoms with van der Waals surface area (Å²) >= 11 is 0. The van der Waals surface area contributed by atoms with Gasteiger partial charge in [0.1, 0.15) is 13.2 Å². The first-order chi connectivity index (χ1) is 33.6. The van der Waals surface area contributed by atoms with Crippen LogP contribution >= 0.6 is 0 Å². The summed E-state index contributed by atoms with van der Waals surface area (Å²) in [5, 5.41) is 0. The van der Waals surface area contributed by atoms with Crippen LogP contribution in [-0.2, 0) is 28.6 Å². The maximum Gasteiger partial charge on any atom is 0.306 e. The summed E-state index contributed by atoms with van der Waals surface area (Å²) in [6.45, 7) is 13.8. The van der Waals surface area contributed by atoms with E-state index in [1.54, 1.807) is 0 Å². The fraction of sp³-hybridized carbons (Fsp3) is 0.952. The summed E-state index contributed by atoms with van der Waals surface area (Å²) in [7, 11) is 0. The second kappa shape index (κ2) is 54.2. The van der Waals surface area contributed by atoms with Gasteiger partial charge in [-0.1, -0.05) is 311 Å². The van der Waals surface area contributed by atoms with Gasteiger partial charge in [0.15, 0.2) is 6.10 Å². The lowest BCUT2D eigenvalue weighted by molar-refractivity contribution is -0.167. The minimum absolute atomic E-state index is 0.0630. The van der Waals surface area contributed by atoms with Crippen LogP contribution in [0.2, 0.25) is 0 Å². The van der Waals surface area contributed by atoms with Crippen molar-refractivity contribution in [3.05, 3.63) is 0 Å². The van der Waals surface area contributed by atoms with Gasteiger partial charge < -0.3 is 14.2 Å². The molecule has 0 saturated heterocycles. The van der Waals surface area contributed by atoms with Gasteiger partial charge >= 0.3 is 17.9 Å². The van der Waals surface area contributed by atoms with E-state index in [0.717, 1.165) is 75.5 Å². The fourth-order valence-electron chi connectivity index (χ4n) is 9.71. The maximum atomic E-state index is 12.9. The number of hydrogen-bond acceptors (Lipinski definition) is 6. The van der Waals surface area contributed by atoms with E-state index in [1.807, 2.05) is 0 Å². The first-order valence-corrected chi connectivity index (χ1v) is 31.1. The van der Waals surface area contributed by atoms with E-state index in [4.69, 9.17) is 14.2 Å². The smallest absolute Gasteiger partial charge is 0.306 e. The van der Waals surface area contributed by atoms with Crippen molar-refractivity contribution in [2.45, 2.75) is 356 Å². The second-order valence-electron chi connectivity index (χ2n) is 23.1. The van der Waals surface area contributed by atoms with Crippen LogP contribution in [0.25, 0.3) is 0 Å². The van der Waals surface area contributed by atoms with Crippen molar-refractivity contribution in [1.29, 1.82) is 0 Å². The summed E-state index contributed by atoms with van der Waals surface area (Å²) < 4.78 is 16.9. The number of carbonyl (C=O) groups excluding carboxylic acids is 3. The number of ether oxygens (including phenoxy) is 3. The number of carbonyl (C=O) groups is 3. The van der Waals surface area contributed by atoms with E-state index < -0.39 is 6.10 Å². The van der Waals surface area contributed by atoms with Gasteiger partial charge in [-0.2, -0.15) is 0 Å². The zero-order valence-corrected chi connectivity index (χ0v) is 47.6. The summed E-state index contributed by atoms with van der Waals surface area (Å²) in [5.74, 6) is 1.69. The van der Waals surface area contributed by atoms with Crippen LogP contribution < -0.4 is 0 Å². The third kappa shape index (κ3) is 57.2. The molecule has 0 N–H and O–H groups in total. The average Bonchev–Trinajstić information content (AvgIpc) is 3.31. The quantitative estimate of drug-likeness (QED) is 0.0343. The van der Waals surface area contributed by atoms with Gasteiger partial charge in [0.25, 0.3) is 0 Å². The molecule has 0 fully saturated rings. The summed E-state index contributed by atoms with van der Waals surface area (Å²) in [5.41, 5.74) is 0. The third-order valence-corrected chi connectivity index (χ3v) is 14.4. The zero-order valence-electron chi connectivity index (χ0n) is 47.6. The van der Waals surface area contributed by atoms with E-state index in [0.29, 0.717) is 19.3 Å². The number of unbranched alkanes of at least 4 members (excludes halogenated alkanes) is 39. The molecule has 0 aromatic heterocycles. The van der Waals surface area contributed by atoms with Crippen LogP contribution in [0.1, 0.15) is 350 Å². The molecule has 0 aromatic carbocycles. The SMILES string of the molecule is CC(C)CCCCCCCCCCCCCCCCCCCCC(=O)O[C@H](COC(=O)CCCCCCCCCCCCCCCC(C)C)COC(=O)CCCCCCCCCCCCCC(C)C. The highest BCUT2D eigenvalue weighted by molar-refractivity contribution is 5.71. The Bertz CT molecular complexity index is 1070. The van der Waals surface area contributed by atoms with Gasteiger partial charge in [0.2, 0.25) is 0 Å². The van der Waals surface area contributed by atoms with Crippen molar-refractivity contribution in [3.63, 3.8) is 0 Å². The van der Waals surface area contributed by atoms with Crippen molar-refractivity contribution in [2.75, 3.05) is 13.2 Å². The molecule has 0 aliphatic heterocycles. The lowest BCUT2D eigenvalue weighted by Gasteiger charge is -2.18. The van der Waals surface area contributed by atoms with Crippen LogP contribution in [0.5, 0.6) is 0 Å². The van der Waals surface area contributed by atoms with E-state index in [2.05, 4.69) is 41.5 Å². The van der Waals surface area contributed by atoms with Gasteiger partial charge in [-0.3, -0.25) is 14.4 Å². The summed E-state index contributed by atoms with van der Waals surface area (Å²) in [6, 6.07) is 0. The highest BCUT2D eigenvalue weighted by Crippen LogP contribution is 2.19. The Labute approximate surface area is 431 Å². The lowest BCUT2D eigenvalue weighted by atomic mass is 10.0. The van der Waals surface area contributed by atoms with Crippen LogP contribution in [0, 0.1) is 17.8 Å². The van der Waals surface area contributed by atoms with Gasteiger partial charge in [0.05, 0.1) is 0 Å². The van der Waals surface area contributed by atoms with Gasteiger partial charge in [-0.25, -0.2) is 0 Å². The predicted molar refractivity (Wildman–Crippen MR) is 298 cm³/mol. The highest BCUT2D eigenvalue weighted by atomic mass is 16.6. The first-order valence-electron chi connectivity index (χ1n) is 31.1. The monoisotopic (exact) mass is 975 g/mol. The second-order valence-corrected chi connectivity index (χ2v) is 23.1. The Balaban J connectivity index is 4.27. The van der Waals surface area contributed by atoms with E-state index >= 15 is 0 Å². The Kier molecular flexibility index (Phi) is 52.9. The fourth-order valence-corrected chi connectivity index (χ4v) is 9.71. The molecule has 0 aromatic rings. The number of esters is 3. The zero-order chi connectivity index (χ0) is 50.5. The third-order valence-electron chi connectivity index (χ3n) is 14.4. The Morgan fingerprint density at radius 1 is 0.246 bits per heavy atom. The molecule has 0 aliphatic rings. The maximum absolute atomic E-state index is 12.9. The Hall–Kier alpha value is -1.59. The largest absolute Gasteiger partial charge is 0.462 e. The normalized spacial score (nSPS) is 12.1. The minimum Gasteiger partial charge on any atom is -0.462 e. The van der Waals surface area contributed by atoms with Crippen LogP contribution in [0.4, 0.5) is 0 Å². The molecule has 0 aliphatic carbocycles. The molecule has 0 amide bonds. The number of hydrogen-bond donors (Lipinski definition) is 0. The van der Waals surface area contributed by atoms with Crippen molar-refractivity contribution in [2.24, 2.45) is 17.8 Å². The van der Waals surface area contributed by atoms with E-state index in [1.165, 1.54) is 231 Å². The molecule has 0 radical (unpaired) electrons. The van der Waals surface area contributed by atoms with Gasteiger partial charge in [-0.15, -0.1) is 0 Å². The van der Waals surface area contributed by atoms with Crippen molar-refractivity contribution in [1.82, 2.24) is 0 Å². The highest BCUT2D eigenvalue weighted by Gasteiger charge is 2.19. The van der Waals surface area contributed by atoms with Crippen molar-refractivity contribution < 1.29 is 28.6 Å². The molecule has 0 saturated carbocycles. The van der Waals surface area contributed by atoms with Gasteiger partial charge in [-0.05, 0) is 37.0 Å². The van der Waals surface area contributed by atoms with Crippen molar-refractivity contribution in [3.8, 4) is 0 Å². The van der Waals surface area contributed by atoms with Crippen LogP contribution in [0.15, 0.2) is 0 Å². The summed E-state index contributed by atoms with van der Waals surface area (Å²) in [4.78, 5) is 38.2. The molecule has 6 heteroatoms. The molecule has 0 rings (SSSR count). The Morgan fingerprint density at radius 3 is 0.623 bits per heavy atom. The molecular formula is C63H122O6. The molecule has 410 valence electrons. The molecule has 0 heterocycles. The van der Waals surface area contributed by atoms with Gasteiger partial charge in [0, 0.05) is 19.3 Å². The van der Waals surface area contributed by atoms with Crippen LogP contribution in [0.3, 0.4) is 0 Å². The molecule has 0 bridgehead atoms. The lowest BCUT2D eigenvalue weighted by Crippen LogP contribution is -2.30. The molecule has 6 nitrogen and oxygen atoms in total. The predicted octanol–water partition coefficient (Wildman–Crippen LogP) is 20.7. The molecule has 0 unspecified atom stereocenters. The molecular weight excluding hydrogens is 853 g/mol. The van der Waals surface area contributed by atoms with E-state index in [9.17, 15) is 14.4 Å². The average molecular weight is 976 g/mol. The molecule has 69 heavy (non-hydrogen) atoms. The van der Waals surface area contributed by atoms with E-state index in [-0.39, 0.29) is 31.1 Å². The topological polar surface area (TPSA) is 78.9 Å². The molecule has 1 atom stereocenters. The van der Waals surface area contributed by atoms with Crippen molar-refractivity contribution >= 4 is 17.9 Å². The minimum atomic E-state index is -0.764.